The summed E-state index contributed by atoms with van der Waals surface area (Å²) in [7, 11) is 0. The maximum atomic E-state index is 12.2. The molecule has 3 aromatic heterocycles. The van der Waals surface area contributed by atoms with Crippen molar-refractivity contribution in [3.05, 3.63) is 96.1 Å². The third kappa shape index (κ3) is 2.91. The number of aromatic nitrogens is 4. The van der Waals surface area contributed by atoms with Crippen LogP contribution in [0.15, 0.2) is 79.3 Å². The Morgan fingerprint density at radius 2 is 1.66 bits per heavy atom. The lowest BCUT2D eigenvalue weighted by Gasteiger charge is -2.16. The largest absolute Gasteiger partial charge is 0.364 e. The zero-order valence-electron chi connectivity index (χ0n) is 15.5. The standard InChI is InChI=1S/C23H17N5O/c24-21(29)20-17-10-5-4-9-16(17)18(13-15-7-2-1-3-8-15)22(27-20)28-14-26-19-11-6-12-25-23(19)28/h1-12,14H,13H2,(H2,24,29). The van der Waals surface area contributed by atoms with Gasteiger partial charge in [0, 0.05) is 23.6 Å². The van der Waals surface area contributed by atoms with E-state index < -0.39 is 5.91 Å². The van der Waals surface area contributed by atoms with Crippen LogP contribution in [0, 0.1) is 0 Å². The first-order chi connectivity index (χ1) is 14.2. The van der Waals surface area contributed by atoms with E-state index in [1.807, 2.05) is 59.2 Å². The molecule has 0 bridgehead atoms. The second-order valence-corrected chi connectivity index (χ2v) is 6.80. The monoisotopic (exact) mass is 379 g/mol. The number of carbonyl (C=O) groups excluding carboxylic acids is 1. The molecule has 0 aliphatic heterocycles. The van der Waals surface area contributed by atoms with Crippen LogP contribution >= 0.6 is 0 Å². The van der Waals surface area contributed by atoms with Crippen LogP contribution in [0.3, 0.4) is 0 Å². The summed E-state index contributed by atoms with van der Waals surface area (Å²) in [6.45, 7) is 0. The zero-order valence-corrected chi connectivity index (χ0v) is 15.5. The number of nitrogens with zero attached hydrogens (tertiary/aromatic N) is 4. The summed E-state index contributed by atoms with van der Waals surface area (Å²) in [6, 6.07) is 21.6. The second kappa shape index (κ2) is 6.83. The minimum absolute atomic E-state index is 0.241. The fourth-order valence-electron chi connectivity index (χ4n) is 3.67. The van der Waals surface area contributed by atoms with Crippen LogP contribution in [0.4, 0.5) is 0 Å². The van der Waals surface area contributed by atoms with Crippen LogP contribution in [0.1, 0.15) is 21.6 Å². The Balaban J connectivity index is 1.86. The van der Waals surface area contributed by atoms with Crippen LogP contribution in [0.5, 0.6) is 0 Å². The highest BCUT2D eigenvalue weighted by molar-refractivity contribution is 6.06. The second-order valence-electron chi connectivity index (χ2n) is 6.80. The van der Waals surface area contributed by atoms with Gasteiger partial charge in [-0.2, -0.15) is 0 Å². The summed E-state index contributed by atoms with van der Waals surface area (Å²) in [5, 5.41) is 1.68. The van der Waals surface area contributed by atoms with Gasteiger partial charge in [-0.25, -0.2) is 15.0 Å². The van der Waals surface area contributed by atoms with Gasteiger partial charge in [-0.1, -0.05) is 54.6 Å². The van der Waals surface area contributed by atoms with E-state index in [9.17, 15) is 4.79 Å². The molecule has 5 rings (SSSR count). The van der Waals surface area contributed by atoms with E-state index in [-0.39, 0.29) is 5.69 Å². The van der Waals surface area contributed by atoms with Gasteiger partial charge in [0.2, 0.25) is 0 Å². The van der Waals surface area contributed by atoms with E-state index in [4.69, 9.17) is 10.7 Å². The molecule has 6 nitrogen and oxygen atoms in total. The number of pyridine rings is 2. The number of nitrogens with two attached hydrogens (primary N) is 1. The Hall–Kier alpha value is -4.06. The van der Waals surface area contributed by atoms with Gasteiger partial charge in [0.1, 0.15) is 23.4 Å². The lowest BCUT2D eigenvalue weighted by Crippen LogP contribution is -2.17. The molecule has 140 valence electrons. The molecule has 0 aliphatic rings. The molecule has 0 saturated heterocycles. The van der Waals surface area contributed by atoms with E-state index in [1.165, 1.54) is 0 Å². The van der Waals surface area contributed by atoms with Gasteiger partial charge in [-0.3, -0.25) is 9.36 Å². The van der Waals surface area contributed by atoms with Gasteiger partial charge in [0.05, 0.1) is 0 Å². The molecule has 1 amide bonds. The minimum atomic E-state index is -0.564. The van der Waals surface area contributed by atoms with Crippen molar-refractivity contribution in [2.45, 2.75) is 6.42 Å². The fraction of sp³-hybridized carbons (Fsp3) is 0.0435. The molecule has 0 radical (unpaired) electrons. The molecule has 0 spiro atoms. The molecule has 3 heterocycles. The van der Waals surface area contributed by atoms with Gasteiger partial charge in [0.15, 0.2) is 5.65 Å². The van der Waals surface area contributed by atoms with Gasteiger partial charge < -0.3 is 5.73 Å². The van der Waals surface area contributed by atoms with E-state index in [1.54, 1.807) is 12.5 Å². The number of benzene rings is 2. The molecule has 0 fully saturated rings. The number of primary amides is 1. The van der Waals surface area contributed by atoms with Crippen molar-refractivity contribution >= 4 is 27.8 Å². The maximum Gasteiger partial charge on any atom is 0.268 e. The van der Waals surface area contributed by atoms with E-state index >= 15 is 0 Å². The highest BCUT2D eigenvalue weighted by Gasteiger charge is 2.20. The average Bonchev–Trinajstić information content (AvgIpc) is 3.18. The number of hydrogen-bond donors (Lipinski definition) is 1. The van der Waals surface area contributed by atoms with Crippen LogP contribution in [-0.2, 0) is 6.42 Å². The van der Waals surface area contributed by atoms with Crippen molar-refractivity contribution in [3.63, 3.8) is 0 Å². The maximum absolute atomic E-state index is 12.2. The molecule has 29 heavy (non-hydrogen) atoms. The number of hydrogen-bond acceptors (Lipinski definition) is 4. The first kappa shape index (κ1) is 17.1. The highest BCUT2D eigenvalue weighted by Crippen LogP contribution is 2.29. The minimum Gasteiger partial charge on any atom is -0.364 e. The molecule has 0 atom stereocenters. The summed E-state index contributed by atoms with van der Waals surface area (Å²) < 4.78 is 1.83. The summed E-state index contributed by atoms with van der Waals surface area (Å²) in [4.78, 5) is 25.8. The summed E-state index contributed by atoms with van der Waals surface area (Å²) in [5.74, 6) is 0.0497. The summed E-state index contributed by atoms with van der Waals surface area (Å²) >= 11 is 0. The van der Waals surface area contributed by atoms with Crippen LogP contribution in [-0.4, -0.2) is 25.4 Å². The molecule has 0 saturated carbocycles. The summed E-state index contributed by atoms with van der Waals surface area (Å²) in [5.41, 5.74) is 9.49. The SMILES string of the molecule is NC(=O)c1nc(-n2cnc3cccnc32)c(Cc2ccccc2)c2ccccc12. The molecular weight excluding hydrogens is 362 g/mol. The van der Waals surface area contributed by atoms with E-state index in [0.717, 1.165) is 27.4 Å². The molecule has 6 heteroatoms. The van der Waals surface area contributed by atoms with Gasteiger partial charge in [-0.05, 0) is 23.1 Å². The first-order valence-corrected chi connectivity index (χ1v) is 9.26. The topological polar surface area (TPSA) is 86.7 Å². The third-order valence-corrected chi connectivity index (χ3v) is 4.99. The molecular formula is C23H17N5O. The van der Waals surface area contributed by atoms with Gasteiger partial charge in [0.25, 0.3) is 5.91 Å². The lowest BCUT2D eigenvalue weighted by molar-refractivity contribution is 0.0997. The van der Waals surface area contributed by atoms with E-state index in [2.05, 4.69) is 22.1 Å². The lowest BCUT2D eigenvalue weighted by atomic mass is 9.97. The number of carbonyl (C=O) groups is 1. The molecule has 2 aromatic carbocycles. The van der Waals surface area contributed by atoms with Gasteiger partial charge in [-0.15, -0.1) is 0 Å². The Morgan fingerprint density at radius 1 is 0.897 bits per heavy atom. The molecule has 5 aromatic rings. The zero-order chi connectivity index (χ0) is 19.8. The number of imidazole rings is 1. The predicted octanol–water partition coefficient (Wildman–Crippen LogP) is 3.66. The van der Waals surface area contributed by atoms with Crippen LogP contribution in [0.25, 0.3) is 27.8 Å². The first-order valence-electron chi connectivity index (χ1n) is 9.26. The van der Waals surface area contributed by atoms with Crippen LogP contribution in [0.2, 0.25) is 0 Å². The number of fused-ring (bicyclic) bond motifs is 2. The van der Waals surface area contributed by atoms with Gasteiger partial charge >= 0.3 is 0 Å². The number of rotatable bonds is 4. The third-order valence-electron chi connectivity index (χ3n) is 4.99. The normalized spacial score (nSPS) is 11.2. The Morgan fingerprint density at radius 3 is 2.45 bits per heavy atom. The fourth-order valence-corrected chi connectivity index (χ4v) is 3.67. The van der Waals surface area contributed by atoms with E-state index in [0.29, 0.717) is 17.9 Å². The highest BCUT2D eigenvalue weighted by atomic mass is 16.1. The average molecular weight is 379 g/mol. The smallest absolute Gasteiger partial charge is 0.268 e. The van der Waals surface area contributed by atoms with Crippen molar-refractivity contribution in [2.24, 2.45) is 5.73 Å². The van der Waals surface area contributed by atoms with Crippen molar-refractivity contribution in [1.29, 1.82) is 0 Å². The summed E-state index contributed by atoms with van der Waals surface area (Å²) in [6.07, 6.45) is 4.05. The van der Waals surface area contributed by atoms with Crippen molar-refractivity contribution in [2.75, 3.05) is 0 Å². The Bertz CT molecular complexity index is 1360. The van der Waals surface area contributed by atoms with Crippen molar-refractivity contribution in [3.8, 4) is 5.82 Å². The molecule has 2 N–H and O–H groups in total. The predicted molar refractivity (Wildman–Crippen MR) is 112 cm³/mol. The Labute approximate surface area is 166 Å². The molecule has 0 aliphatic carbocycles. The quantitative estimate of drug-likeness (QED) is 0.516. The molecule has 0 unspecified atom stereocenters. The number of amides is 1. The Kier molecular flexibility index (Phi) is 4.02. The van der Waals surface area contributed by atoms with Crippen LogP contribution < -0.4 is 5.73 Å². The van der Waals surface area contributed by atoms with Crippen molar-refractivity contribution < 1.29 is 4.79 Å². The van der Waals surface area contributed by atoms with Crippen molar-refractivity contribution in [1.82, 2.24) is 19.5 Å².